The summed E-state index contributed by atoms with van der Waals surface area (Å²) in [5.74, 6) is 0. The van der Waals surface area contributed by atoms with E-state index in [2.05, 4.69) is 45.8 Å². The lowest BCUT2D eigenvalue weighted by molar-refractivity contribution is 0.417. The summed E-state index contributed by atoms with van der Waals surface area (Å²) in [6.07, 6.45) is 6.62. The molecule has 2 aliphatic rings. The molecule has 1 unspecified atom stereocenters. The number of likely N-dealkylation sites (N-methyl/N-ethyl adjacent to an activating group) is 1. The van der Waals surface area contributed by atoms with Gasteiger partial charge >= 0.3 is 0 Å². The van der Waals surface area contributed by atoms with Crippen LogP contribution in [0, 0.1) is 5.41 Å². The van der Waals surface area contributed by atoms with Crippen molar-refractivity contribution in [3.63, 3.8) is 0 Å². The fraction of sp³-hybridized carbons (Fsp3) is 0.471. The number of nitrogens with one attached hydrogen (secondary N) is 1. The van der Waals surface area contributed by atoms with E-state index in [-0.39, 0.29) is 0 Å². The predicted molar refractivity (Wildman–Crippen MR) is 88.3 cm³/mol. The van der Waals surface area contributed by atoms with Crippen molar-refractivity contribution in [2.75, 3.05) is 19.6 Å². The normalized spacial score (nSPS) is 24.0. The van der Waals surface area contributed by atoms with Gasteiger partial charge in [0.05, 0.1) is 0 Å². The van der Waals surface area contributed by atoms with Crippen molar-refractivity contribution in [3.05, 3.63) is 36.7 Å². The van der Waals surface area contributed by atoms with Gasteiger partial charge < -0.3 is 5.32 Å². The van der Waals surface area contributed by atoms with Crippen LogP contribution in [0.3, 0.4) is 0 Å². The Kier molecular flexibility index (Phi) is 3.40. The number of rotatable bonds is 4. The van der Waals surface area contributed by atoms with E-state index in [1.807, 2.05) is 24.3 Å². The molecule has 1 aliphatic heterocycles. The molecule has 2 fully saturated rings. The molecule has 4 heteroatoms. The topological polar surface area (TPSA) is 28.2 Å². The second-order valence-corrected chi connectivity index (χ2v) is 7.38. The lowest BCUT2D eigenvalue weighted by atomic mass is 10.0. The Morgan fingerprint density at radius 2 is 2.29 bits per heavy atom. The highest BCUT2D eigenvalue weighted by atomic mass is 32.2. The number of hydrogen-bond donors (Lipinski definition) is 1. The van der Waals surface area contributed by atoms with E-state index in [0.717, 1.165) is 13.1 Å². The summed E-state index contributed by atoms with van der Waals surface area (Å²) in [6.45, 7) is 5.66. The zero-order chi connectivity index (χ0) is 14.3. The third-order valence-electron chi connectivity index (χ3n) is 4.83. The van der Waals surface area contributed by atoms with E-state index in [1.54, 1.807) is 0 Å². The van der Waals surface area contributed by atoms with E-state index >= 15 is 0 Å². The highest BCUT2D eigenvalue weighted by Gasteiger charge is 2.54. The molecule has 0 radical (unpaired) electrons. The molecule has 1 saturated carbocycles. The average molecular weight is 299 g/mol. The number of benzene rings is 1. The first kappa shape index (κ1) is 13.6. The molecule has 1 aromatic carbocycles. The summed E-state index contributed by atoms with van der Waals surface area (Å²) in [6, 6.07) is 9.30. The molecule has 1 aliphatic carbocycles. The van der Waals surface area contributed by atoms with Gasteiger partial charge in [0, 0.05) is 47.2 Å². The number of pyridine rings is 1. The summed E-state index contributed by atoms with van der Waals surface area (Å²) < 4.78 is 2.55. The van der Waals surface area contributed by atoms with Crippen molar-refractivity contribution < 1.29 is 0 Å². The number of aromatic nitrogens is 1. The smallest absolute Gasteiger partial charge is 0.0346 e. The van der Waals surface area contributed by atoms with Crippen LogP contribution in [0.15, 0.2) is 41.6 Å². The summed E-state index contributed by atoms with van der Waals surface area (Å²) >= 11 is 1.92. The Morgan fingerprint density at radius 1 is 1.38 bits per heavy atom. The van der Waals surface area contributed by atoms with E-state index < -0.39 is 0 Å². The third kappa shape index (κ3) is 2.45. The highest BCUT2D eigenvalue weighted by molar-refractivity contribution is 7.97. The van der Waals surface area contributed by atoms with Crippen molar-refractivity contribution in [2.24, 2.45) is 5.41 Å². The summed E-state index contributed by atoms with van der Waals surface area (Å²) in [7, 11) is 0. The van der Waals surface area contributed by atoms with E-state index in [0.29, 0.717) is 11.5 Å². The van der Waals surface area contributed by atoms with Crippen LogP contribution >= 0.6 is 11.9 Å². The monoisotopic (exact) mass is 299 g/mol. The second-order valence-electron chi connectivity index (χ2n) is 6.24. The lowest BCUT2D eigenvalue weighted by Crippen LogP contribution is -2.36. The first-order valence-corrected chi connectivity index (χ1v) is 8.57. The predicted octanol–water partition coefficient (Wildman–Crippen LogP) is 3.32. The van der Waals surface area contributed by atoms with Crippen LogP contribution in [0.25, 0.3) is 10.8 Å². The van der Waals surface area contributed by atoms with Gasteiger partial charge in [0.25, 0.3) is 0 Å². The molecule has 0 amide bonds. The number of hydrogen-bond acceptors (Lipinski definition) is 4. The van der Waals surface area contributed by atoms with Crippen molar-refractivity contribution in [3.8, 4) is 0 Å². The molecule has 3 nitrogen and oxygen atoms in total. The maximum Gasteiger partial charge on any atom is 0.0346 e. The van der Waals surface area contributed by atoms with Crippen LogP contribution in [-0.2, 0) is 0 Å². The van der Waals surface area contributed by atoms with Gasteiger partial charge in [-0.2, -0.15) is 0 Å². The average Bonchev–Trinajstić information content (AvgIpc) is 3.19. The van der Waals surface area contributed by atoms with Crippen LogP contribution in [0.2, 0.25) is 0 Å². The Morgan fingerprint density at radius 3 is 3.10 bits per heavy atom. The Labute approximate surface area is 130 Å². The molecule has 0 bridgehead atoms. The van der Waals surface area contributed by atoms with E-state index in [1.165, 1.54) is 35.1 Å². The van der Waals surface area contributed by atoms with Gasteiger partial charge in [-0.1, -0.05) is 19.1 Å². The minimum Gasteiger partial charge on any atom is -0.312 e. The van der Waals surface area contributed by atoms with Crippen LogP contribution in [-0.4, -0.2) is 35.0 Å². The fourth-order valence-electron chi connectivity index (χ4n) is 3.50. The summed E-state index contributed by atoms with van der Waals surface area (Å²) in [5, 5.41) is 6.23. The Hall–Kier alpha value is -1.10. The molecule has 1 saturated heterocycles. The molecule has 2 aromatic rings. The minimum atomic E-state index is 0.565. The Bertz CT molecular complexity index is 648. The SMILES string of the molecule is CCNC1CN(Sc2cccc3cnccc23)CC12CC2. The quantitative estimate of drug-likeness (QED) is 0.877. The summed E-state index contributed by atoms with van der Waals surface area (Å²) in [4.78, 5) is 5.57. The number of nitrogens with zero attached hydrogens (tertiary/aromatic N) is 2. The zero-order valence-electron chi connectivity index (χ0n) is 12.4. The molecule has 4 rings (SSSR count). The molecule has 1 aromatic heterocycles. The molecule has 2 heterocycles. The zero-order valence-corrected chi connectivity index (χ0v) is 13.2. The lowest BCUT2D eigenvalue weighted by Gasteiger charge is -2.17. The first-order valence-electron chi connectivity index (χ1n) is 7.80. The van der Waals surface area contributed by atoms with Crippen molar-refractivity contribution in [1.29, 1.82) is 0 Å². The first-order chi connectivity index (χ1) is 10.3. The maximum atomic E-state index is 4.22. The number of fused-ring (bicyclic) bond motifs is 1. The van der Waals surface area contributed by atoms with E-state index in [4.69, 9.17) is 0 Å². The second kappa shape index (κ2) is 5.27. The van der Waals surface area contributed by atoms with Gasteiger partial charge in [0.1, 0.15) is 0 Å². The molecule has 1 spiro atoms. The highest BCUT2D eigenvalue weighted by Crippen LogP contribution is 2.54. The van der Waals surface area contributed by atoms with Crippen LogP contribution in [0.5, 0.6) is 0 Å². The molecular weight excluding hydrogens is 278 g/mol. The third-order valence-corrected chi connectivity index (χ3v) is 5.92. The van der Waals surface area contributed by atoms with Gasteiger partial charge in [-0.3, -0.25) is 4.98 Å². The fourth-order valence-corrected chi connectivity index (χ4v) is 4.75. The van der Waals surface area contributed by atoms with Crippen molar-refractivity contribution >= 4 is 22.7 Å². The molecule has 1 atom stereocenters. The molecular formula is C17H21N3S. The minimum absolute atomic E-state index is 0.565. The van der Waals surface area contributed by atoms with Gasteiger partial charge in [-0.15, -0.1) is 0 Å². The van der Waals surface area contributed by atoms with Gasteiger partial charge in [-0.05, 0) is 48.9 Å². The molecule has 110 valence electrons. The maximum absolute atomic E-state index is 4.22. The van der Waals surface area contributed by atoms with Gasteiger partial charge in [0.15, 0.2) is 0 Å². The van der Waals surface area contributed by atoms with E-state index in [9.17, 15) is 0 Å². The summed E-state index contributed by atoms with van der Waals surface area (Å²) in [5.41, 5.74) is 0.565. The van der Waals surface area contributed by atoms with Gasteiger partial charge in [-0.25, -0.2) is 4.31 Å². The van der Waals surface area contributed by atoms with Crippen LogP contribution < -0.4 is 5.32 Å². The van der Waals surface area contributed by atoms with Crippen LogP contribution in [0.1, 0.15) is 19.8 Å². The van der Waals surface area contributed by atoms with Crippen molar-refractivity contribution in [1.82, 2.24) is 14.6 Å². The molecule has 1 N–H and O–H groups in total. The largest absolute Gasteiger partial charge is 0.312 e. The van der Waals surface area contributed by atoms with Crippen LogP contribution in [0.4, 0.5) is 0 Å². The van der Waals surface area contributed by atoms with Gasteiger partial charge in [0.2, 0.25) is 0 Å². The van der Waals surface area contributed by atoms with Crippen molar-refractivity contribution in [2.45, 2.75) is 30.7 Å². The standard InChI is InChI=1S/C17H21N3S/c1-2-19-16-11-20(12-17(16)7-8-17)21-15-5-3-4-13-10-18-9-6-14(13)15/h3-6,9-10,16,19H,2,7-8,11-12H2,1H3. The Balaban J connectivity index is 1.56. The molecule has 21 heavy (non-hydrogen) atoms.